The number of carboxylic acids is 1. The number of amides is 2. The maximum Gasteiger partial charge on any atom is 0.315 e. The van der Waals surface area contributed by atoms with E-state index in [9.17, 15) is 18.0 Å². The molecule has 2 unspecified atom stereocenters. The van der Waals surface area contributed by atoms with Gasteiger partial charge in [0.15, 0.2) is 0 Å². The number of ether oxygens (including phenoxy) is 1. The lowest BCUT2D eigenvalue weighted by atomic mass is 10.0. The van der Waals surface area contributed by atoms with Crippen LogP contribution in [-0.4, -0.2) is 75.5 Å². The monoisotopic (exact) mass is 309 g/mol. The molecule has 0 spiro atoms. The second kappa shape index (κ2) is 6.86. The first kappa shape index (κ1) is 16.7. The number of rotatable bonds is 6. The summed E-state index contributed by atoms with van der Waals surface area (Å²) in [5.74, 6) is -2.05. The molecule has 1 aliphatic rings. The predicted molar refractivity (Wildman–Crippen MR) is 69.7 cm³/mol. The third kappa shape index (κ3) is 4.62. The number of nitrogens with zero attached hydrogens (tertiary/aromatic N) is 1. The van der Waals surface area contributed by atoms with Crippen molar-refractivity contribution in [3.8, 4) is 0 Å². The highest BCUT2D eigenvalue weighted by molar-refractivity contribution is 7.89. The molecule has 2 atom stereocenters. The van der Waals surface area contributed by atoms with Crippen LogP contribution < -0.4 is 10.6 Å². The molecule has 0 aromatic carbocycles. The van der Waals surface area contributed by atoms with Crippen LogP contribution in [0.2, 0.25) is 0 Å². The van der Waals surface area contributed by atoms with Gasteiger partial charge in [-0.05, 0) is 0 Å². The van der Waals surface area contributed by atoms with E-state index in [-0.39, 0.29) is 25.5 Å². The first-order valence-electron chi connectivity index (χ1n) is 5.99. The molecule has 2 amide bonds. The molecule has 1 heterocycles. The molecular formula is C10H19N3O6S. The minimum absolute atomic E-state index is 0.0509. The smallest absolute Gasteiger partial charge is 0.315 e. The fraction of sp³-hybridized carbons (Fsp3) is 0.800. The van der Waals surface area contributed by atoms with Gasteiger partial charge in [-0.15, -0.1) is 0 Å². The van der Waals surface area contributed by atoms with Gasteiger partial charge in [0, 0.05) is 20.6 Å². The van der Waals surface area contributed by atoms with Gasteiger partial charge in [-0.3, -0.25) is 4.79 Å². The van der Waals surface area contributed by atoms with Crippen molar-refractivity contribution in [1.82, 2.24) is 14.9 Å². The molecule has 0 aromatic heterocycles. The minimum Gasteiger partial charge on any atom is -0.481 e. The first-order chi connectivity index (χ1) is 9.24. The van der Waals surface area contributed by atoms with Gasteiger partial charge < -0.3 is 20.5 Å². The highest BCUT2D eigenvalue weighted by Gasteiger charge is 2.35. The zero-order valence-electron chi connectivity index (χ0n) is 11.3. The second-order valence-corrected chi connectivity index (χ2v) is 6.89. The third-order valence-corrected chi connectivity index (χ3v) is 4.75. The number of hydrogen-bond acceptors (Lipinski definition) is 5. The van der Waals surface area contributed by atoms with Crippen LogP contribution in [0.3, 0.4) is 0 Å². The number of hydrogen-bond donors (Lipinski definition) is 3. The van der Waals surface area contributed by atoms with Crippen molar-refractivity contribution in [2.75, 3.05) is 39.6 Å². The van der Waals surface area contributed by atoms with Gasteiger partial charge in [0.25, 0.3) is 0 Å². The minimum atomic E-state index is -3.37. The van der Waals surface area contributed by atoms with E-state index >= 15 is 0 Å². The van der Waals surface area contributed by atoms with Gasteiger partial charge in [-0.1, -0.05) is 0 Å². The average molecular weight is 309 g/mol. The van der Waals surface area contributed by atoms with E-state index in [0.717, 1.165) is 4.31 Å². The van der Waals surface area contributed by atoms with Crippen molar-refractivity contribution in [3.05, 3.63) is 0 Å². The maximum atomic E-state index is 11.5. The van der Waals surface area contributed by atoms with Gasteiger partial charge in [0.05, 0.1) is 25.0 Å². The number of urea groups is 1. The molecule has 0 radical (unpaired) electrons. The molecule has 9 nitrogen and oxygen atoms in total. The molecule has 1 rings (SSSR count). The molecule has 0 bridgehead atoms. The molecule has 3 N–H and O–H groups in total. The van der Waals surface area contributed by atoms with Crippen LogP contribution in [0.1, 0.15) is 0 Å². The molecule has 0 saturated carbocycles. The number of aliphatic carboxylic acids is 1. The van der Waals surface area contributed by atoms with Gasteiger partial charge in [-0.25, -0.2) is 17.5 Å². The van der Waals surface area contributed by atoms with E-state index in [2.05, 4.69) is 10.6 Å². The lowest BCUT2D eigenvalue weighted by Gasteiger charge is -2.16. The molecule has 10 heteroatoms. The largest absolute Gasteiger partial charge is 0.481 e. The molecule has 1 saturated heterocycles. The Kier molecular flexibility index (Phi) is 5.72. The topological polar surface area (TPSA) is 125 Å². The Morgan fingerprint density at radius 1 is 1.35 bits per heavy atom. The Morgan fingerprint density at radius 2 is 2.00 bits per heavy atom. The summed E-state index contributed by atoms with van der Waals surface area (Å²) in [5.41, 5.74) is 0. The number of nitrogens with one attached hydrogen (secondary N) is 2. The zero-order valence-corrected chi connectivity index (χ0v) is 12.1. The first-order valence-corrected chi connectivity index (χ1v) is 7.60. The molecule has 0 aromatic rings. The molecule has 116 valence electrons. The molecular weight excluding hydrogens is 290 g/mol. The Labute approximate surface area is 117 Å². The number of carboxylic acid groups (broad SMARTS) is 1. The summed E-state index contributed by atoms with van der Waals surface area (Å²) in [6.45, 7) is 0.118. The number of carbonyl (C=O) groups is 2. The van der Waals surface area contributed by atoms with Crippen molar-refractivity contribution in [3.63, 3.8) is 0 Å². The number of sulfonamides is 1. The van der Waals surface area contributed by atoms with Gasteiger partial charge >= 0.3 is 12.0 Å². The standard InChI is InChI=1S/C10H19N3O6S/c1-13(2)20(17,18)4-3-11-10(16)12-8-6-19-5-7(8)9(14)15/h7-8H,3-6H2,1-2H3,(H,14,15)(H2,11,12,16). The van der Waals surface area contributed by atoms with Crippen LogP contribution in [-0.2, 0) is 19.6 Å². The summed E-state index contributed by atoms with van der Waals surface area (Å²) >= 11 is 0. The van der Waals surface area contributed by atoms with E-state index < -0.39 is 34.0 Å². The Bertz CT molecular complexity index is 464. The van der Waals surface area contributed by atoms with E-state index in [4.69, 9.17) is 9.84 Å². The Morgan fingerprint density at radius 3 is 2.55 bits per heavy atom. The van der Waals surface area contributed by atoms with Crippen LogP contribution in [0.4, 0.5) is 4.79 Å². The molecule has 20 heavy (non-hydrogen) atoms. The predicted octanol–water partition coefficient (Wildman–Crippen LogP) is -1.72. The van der Waals surface area contributed by atoms with Gasteiger partial charge in [-0.2, -0.15) is 0 Å². The Hall–Kier alpha value is -1.39. The highest BCUT2D eigenvalue weighted by atomic mass is 32.2. The van der Waals surface area contributed by atoms with E-state index in [1.807, 2.05) is 0 Å². The van der Waals surface area contributed by atoms with Crippen molar-refractivity contribution in [2.24, 2.45) is 5.92 Å². The van der Waals surface area contributed by atoms with Crippen molar-refractivity contribution < 1.29 is 27.9 Å². The average Bonchev–Trinajstić information content (AvgIpc) is 2.76. The van der Waals surface area contributed by atoms with Crippen LogP contribution in [0, 0.1) is 5.92 Å². The van der Waals surface area contributed by atoms with Crippen molar-refractivity contribution >= 4 is 22.0 Å². The van der Waals surface area contributed by atoms with Crippen LogP contribution in [0.5, 0.6) is 0 Å². The van der Waals surface area contributed by atoms with Crippen molar-refractivity contribution in [2.45, 2.75) is 6.04 Å². The van der Waals surface area contributed by atoms with E-state index in [0.29, 0.717) is 0 Å². The lowest BCUT2D eigenvalue weighted by molar-refractivity contribution is -0.142. The van der Waals surface area contributed by atoms with E-state index in [1.165, 1.54) is 14.1 Å². The van der Waals surface area contributed by atoms with Crippen LogP contribution in [0.25, 0.3) is 0 Å². The molecule has 1 fully saturated rings. The third-order valence-electron chi connectivity index (χ3n) is 2.92. The van der Waals surface area contributed by atoms with Crippen molar-refractivity contribution in [1.29, 1.82) is 0 Å². The number of carbonyl (C=O) groups excluding carboxylic acids is 1. The summed E-state index contributed by atoms with van der Waals surface area (Å²) in [7, 11) is -0.562. The summed E-state index contributed by atoms with van der Waals surface area (Å²) in [5, 5.41) is 13.7. The lowest BCUT2D eigenvalue weighted by Crippen LogP contribution is -2.48. The summed E-state index contributed by atoms with van der Waals surface area (Å²) in [6, 6.07) is -1.22. The fourth-order valence-corrected chi connectivity index (χ4v) is 2.36. The highest BCUT2D eigenvalue weighted by Crippen LogP contribution is 2.13. The zero-order chi connectivity index (χ0) is 15.3. The Balaban J connectivity index is 2.36. The van der Waals surface area contributed by atoms with Gasteiger partial charge in [0.1, 0.15) is 5.92 Å². The summed E-state index contributed by atoms with van der Waals surface area (Å²) < 4.78 is 29.0. The summed E-state index contributed by atoms with van der Waals surface area (Å²) in [6.07, 6.45) is 0. The quantitative estimate of drug-likeness (QED) is 0.536. The van der Waals surface area contributed by atoms with Gasteiger partial charge in [0.2, 0.25) is 10.0 Å². The maximum absolute atomic E-state index is 11.5. The van der Waals surface area contributed by atoms with E-state index in [1.54, 1.807) is 0 Å². The van der Waals surface area contributed by atoms with Crippen LogP contribution >= 0.6 is 0 Å². The SMILES string of the molecule is CN(C)S(=O)(=O)CCNC(=O)NC1COCC1C(=O)O. The fourth-order valence-electron chi connectivity index (χ4n) is 1.64. The summed E-state index contributed by atoms with van der Waals surface area (Å²) in [4.78, 5) is 22.4. The molecule has 0 aliphatic carbocycles. The molecule has 1 aliphatic heterocycles. The normalized spacial score (nSPS) is 22.8. The van der Waals surface area contributed by atoms with Crippen LogP contribution in [0.15, 0.2) is 0 Å². The second-order valence-electron chi connectivity index (χ2n) is 4.59.